The van der Waals surface area contributed by atoms with Gasteiger partial charge in [0, 0.05) is 18.3 Å². The summed E-state index contributed by atoms with van der Waals surface area (Å²) in [6.07, 6.45) is -13.0. The molecule has 0 heterocycles. The largest absolute Gasteiger partial charge is 0.461 e. The van der Waals surface area contributed by atoms with Gasteiger partial charge in [0.15, 0.2) is 0 Å². The van der Waals surface area contributed by atoms with Crippen LogP contribution in [0.4, 0.5) is 36.4 Å². The lowest BCUT2D eigenvalue weighted by molar-refractivity contribution is -0.253. The van der Waals surface area contributed by atoms with E-state index in [4.69, 9.17) is 4.74 Å². The Balaban J connectivity index is 1.62. The van der Waals surface area contributed by atoms with E-state index < -0.39 is 30.0 Å². The summed E-state index contributed by atoms with van der Waals surface area (Å²) in [4.78, 5) is 0. The Morgan fingerprint density at radius 3 is 2.06 bits per heavy atom. The van der Waals surface area contributed by atoms with E-state index >= 15 is 0 Å². The summed E-state index contributed by atoms with van der Waals surface area (Å²) in [5, 5.41) is 3.01. The third-order valence-corrected chi connectivity index (χ3v) is 4.15. The van der Waals surface area contributed by atoms with Gasteiger partial charge in [0.1, 0.15) is 17.2 Å². The average Bonchev–Trinajstić information content (AvgIpc) is 2.72. The van der Waals surface area contributed by atoms with Gasteiger partial charge in [-0.3, -0.25) is 0 Å². The molecule has 0 aliphatic heterocycles. The Morgan fingerprint density at radius 1 is 0.750 bits per heavy atom. The van der Waals surface area contributed by atoms with Crippen molar-refractivity contribution in [3.8, 4) is 17.2 Å². The molecule has 32 heavy (non-hydrogen) atoms. The molecule has 170 valence electrons. The molecule has 0 saturated carbocycles. The van der Waals surface area contributed by atoms with Crippen molar-refractivity contribution < 1.29 is 40.2 Å². The van der Waals surface area contributed by atoms with E-state index in [1.165, 1.54) is 24.3 Å². The van der Waals surface area contributed by atoms with Crippen LogP contribution < -0.4 is 14.8 Å². The lowest BCUT2D eigenvalue weighted by Crippen LogP contribution is -2.33. The van der Waals surface area contributed by atoms with Crippen LogP contribution in [-0.4, -0.2) is 12.5 Å². The lowest BCUT2D eigenvalue weighted by Gasteiger charge is -2.17. The highest BCUT2D eigenvalue weighted by Crippen LogP contribution is 2.32. The first-order chi connectivity index (χ1) is 15.0. The van der Waals surface area contributed by atoms with Crippen molar-refractivity contribution in [2.75, 3.05) is 5.32 Å². The Kier molecular flexibility index (Phi) is 6.81. The van der Waals surface area contributed by atoms with Crippen LogP contribution in [0.15, 0.2) is 72.8 Å². The van der Waals surface area contributed by atoms with Crippen LogP contribution in [0, 0.1) is 0 Å². The molecule has 0 bridgehead atoms. The van der Waals surface area contributed by atoms with Crippen LogP contribution in [0.1, 0.15) is 11.1 Å². The lowest BCUT2D eigenvalue weighted by atomic mass is 10.2. The van der Waals surface area contributed by atoms with Crippen molar-refractivity contribution >= 4 is 5.69 Å². The number of alkyl halides is 7. The molecule has 0 aliphatic carbocycles. The molecule has 0 aromatic heterocycles. The molecule has 0 atom stereocenters. The van der Waals surface area contributed by atoms with Crippen LogP contribution in [-0.2, 0) is 12.7 Å². The summed E-state index contributed by atoms with van der Waals surface area (Å²) < 4.78 is 98.2. The van der Waals surface area contributed by atoms with Crippen molar-refractivity contribution in [3.63, 3.8) is 0 Å². The minimum atomic E-state index is -4.60. The van der Waals surface area contributed by atoms with E-state index in [2.05, 4.69) is 10.1 Å². The summed E-state index contributed by atoms with van der Waals surface area (Å²) in [7, 11) is 0. The minimum absolute atomic E-state index is 0.154. The number of hydrogen-bond acceptors (Lipinski definition) is 3. The molecule has 0 saturated heterocycles. The fraction of sp³-hybridized carbons (Fsp3) is 0.182. The summed E-state index contributed by atoms with van der Waals surface area (Å²) in [6.45, 7) is 0.154. The molecule has 0 unspecified atom stereocenters. The van der Waals surface area contributed by atoms with Gasteiger partial charge in [-0.25, -0.2) is 0 Å². The Morgan fingerprint density at radius 2 is 1.41 bits per heavy atom. The molecule has 0 fully saturated rings. The molecule has 0 spiro atoms. The first kappa shape index (κ1) is 23.2. The molecule has 0 radical (unpaired) electrons. The summed E-state index contributed by atoms with van der Waals surface area (Å²) in [6, 6.07) is 16.0. The summed E-state index contributed by atoms with van der Waals surface area (Å²) >= 11 is 0. The van der Waals surface area contributed by atoms with Gasteiger partial charge in [0.25, 0.3) is 0 Å². The molecule has 3 aromatic carbocycles. The summed E-state index contributed by atoms with van der Waals surface area (Å²) in [5.74, 6) is 0.150. The first-order valence-corrected chi connectivity index (χ1v) is 9.16. The number of benzene rings is 3. The van der Waals surface area contributed by atoms with Crippen LogP contribution >= 0.6 is 0 Å². The maximum absolute atomic E-state index is 13.1. The third kappa shape index (κ3) is 6.29. The minimum Gasteiger partial charge on any atom is -0.457 e. The second kappa shape index (κ2) is 9.37. The number of anilines is 1. The zero-order chi connectivity index (χ0) is 23.4. The molecular formula is C22H16F7NO2. The molecule has 3 nitrogen and oxygen atoms in total. The molecule has 3 aromatic rings. The maximum Gasteiger partial charge on any atom is 0.461 e. The number of nitrogens with one attached hydrogen (secondary N) is 1. The fourth-order valence-corrected chi connectivity index (χ4v) is 2.64. The Labute approximate surface area is 178 Å². The zero-order valence-electron chi connectivity index (χ0n) is 16.2. The van der Waals surface area contributed by atoms with E-state index in [0.717, 1.165) is 18.2 Å². The van der Waals surface area contributed by atoms with Gasteiger partial charge < -0.3 is 14.8 Å². The molecule has 3 rings (SSSR count). The molecule has 1 N–H and O–H groups in total. The predicted molar refractivity (Wildman–Crippen MR) is 103 cm³/mol. The zero-order valence-corrected chi connectivity index (χ0v) is 16.2. The van der Waals surface area contributed by atoms with Crippen LogP contribution in [0.3, 0.4) is 0 Å². The van der Waals surface area contributed by atoms with E-state index in [0.29, 0.717) is 17.0 Å². The van der Waals surface area contributed by atoms with Crippen molar-refractivity contribution in [1.82, 2.24) is 0 Å². The van der Waals surface area contributed by atoms with Crippen LogP contribution in [0.5, 0.6) is 17.2 Å². The van der Waals surface area contributed by atoms with Gasteiger partial charge in [-0.05, 0) is 54.1 Å². The first-order valence-electron chi connectivity index (χ1n) is 9.16. The summed E-state index contributed by atoms with van der Waals surface area (Å²) in [5.41, 5.74) is 0.262. The second-order valence-electron chi connectivity index (χ2n) is 6.62. The SMILES string of the molecule is FC(F)C(F)(F)Oc1cccc(CNc2cccc(Oc3ccc(C(F)(F)F)cc3)c2)c1. The van der Waals surface area contributed by atoms with Crippen LogP contribution in [0.2, 0.25) is 0 Å². The maximum atomic E-state index is 13.1. The smallest absolute Gasteiger partial charge is 0.457 e. The molecular weight excluding hydrogens is 443 g/mol. The second-order valence-corrected chi connectivity index (χ2v) is 6.62. The van der Waals surface area contributed by atoms with Crippen molar-refractivity contribution in [2.45, 2.75) is 25.3 Å². The van der Waals surface area contributed by atoms with Crippen molar-refractivity contribution in [1.29, 1.82) is 0 Å². The van der Waals surface area contributed by atoms with E-state index in [1.807, 2.05) is 0 Å². The van der Waals surface area contributed by atoms with E-state index in [9.17, 15) is 30.7 Å². The van der Waals surface area contributed by atoms with Gasteiger partial charge in [-0.15, -0.1) is 0 Å². The normalized spacial score (nSPS) is 12.0. The number of hydrogen-bond donors (Lipinski definition) is 1. The van der Waals surface area contributed by atoms with Crippen LogP contribution in [0.25, 0.3) is 0 Å². The van der Waals surface area contributed by atoms with Crippen molar-refractivity contribution in [2.24, 2.45) is 0 Å². The molecule has 0 aliphatic rings. The van der Waals surface area contributed by atoms with Gasteiger partial charge in [0.05, 0.1) is 5.56 Å². The van der Waals surface area contributed by atoms with Gasteiger partial charge in [0.2, 0.25) is 0 Å². The van der Waals surface area contributed by atoms with Gasteiger partial charge in [-0.1, -0.05) is 18.2 Å². The van der Waals surface area contributed by atoms with Crippen molar-refractivity contribution in [3.05, 3.63) is 83.9 Å². The standard InChI is InChI=1S/C22H16F7NO2/c23-20(24)22(28,29)32-19-6-1-3-14(11-19)13-30-16-4-2-5-18(12-16)31-17-9-7-15(8-10-17)21(25,26)27/h1-12,20,30H,13H2. The predicted octanol–water partition coefficient (Wildman–Crippen LogP) is 7.35. The number of halogens is 7. The quantitative estimate of drug-likeness (QED) is 0.358. The van der Waals surface area contributed by atoms with Gasteiger partial charge >= 0.3 is 18.7 Å². The Bertz CT molecular complexity index is 1040. The fourth-order valence-electron chi connectivity index (χ4n) is 2.64. The monoisotopic (exact) mass is 459 g/mol. The highest BCUT2D eigenvalue weighted by Gasteiger charge is 2.43. The topological polar surface area (TPSA) is 30.5 Å². The molecule has 0 amide bonds. The van der Waals surface area contributed by atoms with E-state index in [-0.39, 0.29) is 12.3 Å². The number of ether oxygens (including phenoxy) is 2. The number of rotatable bonds is 8. The average molecular weight is 459 g/mol. The Hall–Kier alpha value is -3.43. The van der Waals surface area contributed by atoms with Gasteiger partial charge in [-0.2, -0.15) is 30.7 Å². The third-order valence-electron chi connectivity index (χ3n) is 4.15. The highest BCUT2D eigenvalue weighted by atomic mass is 19.4. The molecule has 10 heteroatoms. The highest BCUT2D eigenvalue weighted by molar-refractivity contribution is 5.50. The van der Waals surface area contributed by atoms with E-state index in [1.54, 1.807) is 30.3 Å².